The molecule has 6 nitrogen and oxygen atoms in total. The number of rotatable bonds is 3. The van der Waals surface area contributed by atoms with Gasteiger partial charge >= 0.3 is 0 Å². The van der Waals surface area contributed by atoms with Crippen molar-refractivity contribution in [1.82, 2.24) is 25.2 Å². The van der Waals surface area contributed by atoms with Crippen molar-refractivity contribution in [2.75, 3.05) is 13.1 Å². The molecule has 1 aliphatic heterocycles. The van der Waals surface area contributed by atoms with Crippen LogP contribution in [0.4, 0.5) is 0 Å². The molecule has 0 spiro atoms. The average molecular weight is 233 g/mol. The van der Waals surface area contributed by atoms with Gasteiger partial charge in [0.2, 0.25) is 11.7 Å². The first-order valence-electron chi connectivity index (χ1n) is 5.77. The second kappa shape index (κ2) is 3.96. The molecule has 0 bridgehead atoms. The van der Waals surface area contributed by atoms with Gasteiger partial charge in [-0.25, -0.2) is 0 Å². The monoisotopic (exact) mass is 233 g/mol. The number of hydrogen-bond acceptors (Lipinski definition) is 5. The smallest absolute Gasteiger partial charge is 0.230 e. The minimum absolute atomic E-state index is 0.314. The molecule has 0 aromatic carbocycles. The summed E-state index contributed by atoms with van der Waals surface area (Å²) in [5.41, 5.74) is 0.890. The van der Waals surface area contributed by atoms with Crippen molar-refractivity contribution in [1.29, 1.82) is 0 Å². The van der Waals surface area contributed by atoms with E-state index in [1.165, 1.54) is 0 Å². The fourth-order valence-electron chi connectivity index (χ4n) is 1.94. The lowest BCUT2D eigenvalue weighted by molar-refractivity contribution is 0.252. The Morgan fingerprint density at radius 3 is 2.94 bits per heavy atom. The average Bonchev–Trinajstić information content (AvgIpc) is 2.82. The molecule has 1 N–H and O–H groups in total. The number of aromatic nitrogens is 4. The van der Waals surface area contributed by atoms with Gasteiger partial charge in [0.05, 0.1) is 11.8 Å². The van der Waals surface area contributed by atoms with Crippen molar-refractivity contribution in [2.45, 2.75) is 12.8 Å². The quantitative estimate of drug-likeness (QED) is 0.849. The molecular weight excluding hydrogens is 218 g/mol. The van der Waals surface area contributed by atoms with E-state index >= 15 is 0 Å². The Bertz CT molecular complexity index is 513. The molecule has 0 aliphatic carbocycles. The van der Waals surface area contributed by atoms with Crippen LogP contribution >= 0.6 is 0 Å². The van der Waals surface area contributed by atoms with E-state index in [-0.39, 0.29) is 0 Å². The van der Waals surface area contributed by atoms with Gasteiger partial charge in [0, 0.05) is 19.2 Å². The Kier molecular flexibility index (Phi) is 2.44. The zero-order valence-electron chi connectivity index (χ0n) is 9.92. The molecule has 1 fully saturated rings. The van der Waals surface area contributed by atoms with Crippen LogP contribution in [-0.2, 0) is 7.05 Å². The van der Waals surface area contributed by atoms with Crippen molar-refractivity contribution in [2.24, 2.45) is 13.0 Å². The van der Waals surface area contributed by atoms with Gasteiger partial charge < -0.3 is 9.84 Å². The molecule has 1 aliphatic rings. The minimum Gasteiger partial charge on any atom is -0.339 e. The molecule has 1 unspecified atom stereocenters. The Morgan fingerprint density at radius 1 is 1.53 bits per heavy atom. The van der Waals surface area contributed by atoms with Crippen LogP contribution in [0.25, 0.3) is 11.4 Å². The van der Waals surface area contributed by atoms with Crippen LogP contribution in [0.5, 0.6) is 0 Å². The van der Waals surface area contributed by atoms with E-state index in [1.54, 1.807) is 10.9 Å². The van der Waals surface area contributed by atoms with E-state index < -0.39 is 0 Å². The summed E-state index contributed by atoms with van der Waals surface area (Å²) in [5.74, 6) is 2.26. The summed E-state index contributed by atoms with van der Waals surface area (Å²) < 4.78 is 7.05. The lowest BCUT2D eigenvalue weighted by Crippen LogP contribution is -2.44. The van der Waals surface area contributed by atoms with Gasteiger partial charge in [-0.1, -0.05) is 12.1 Å². The van der Waals surface area contributed by atoms with Gasteiger partial charge in [-0.05, 0) is 19.0 Å². The standard InChI is InChI=1S/C11H15N5O/c1-7(8-3-12-4-8)11-14-10(15-17-11)9-5-13-16(2)6-9/h5-8,12H,3-4H2,1-2H3. The minimum atomic E-state index is 0.314. The van der Waals surface area contributed by atoms with E-state index in [0.29, 0.717) is 17.7 Å². The van der Waals surface area contributed by atoms with E-state index in [4.69, 9.17) is 4.52 Å². The van der Waals surface area contributed by atoms with Gasteiger partial charge in [-0.2, -0.15) is 10.1 Å². The van der Waals surface area contributed by atoms with Crippen LogP contribution in [0.3, 0.4) is 0 Å². The number of aryl methyl sites for hydroxylation is 1. The maximum atomic E-state index is 5.32. The Morgan fingerprint density at radius 2 is 2.35 bits per heavy atom. The molecule has 1 atom stereocenters. The predicted molar refractivity (Wildman–Crippen MR) is 61.3 cm³/mol. The molecule has 17 heavy (non-hydrogen) atoms. The van der Waals surface area contributed by atoms with E-state index in [1.807, 2.05) is 13.2 Å². The summed E-state index contributed by atoms with van der Waals surface area (Å²) in [5, 5.41) is 11.3. The van der Waals surface area contributed by atoms with Crippen LogP contribution in [-0.4, -0.2) is 33.0 Å². The second-order valence-corrected chi connectivity index (χ2v) is 4.57. The number of nitrogens with zero attached hydrogens (tertiary/aromatic N) is 4. The van der Waals surface area contributed by atoms with Crippen LogP contribution in [0.1, 0.15) is 18.7 Å². The summed E-state index contributed by atoms with van der Waals surface area (Å²) in [6.45, 7) is 4.20. The summed E-state index contributed by atoms with van der Waals surface area (Å²) in [7, 11) is 1.87. The molecule has 3 rings (SSSR count). The van der Waals surface area contributed by atoms with Crippen molar-refractivity contribution in [3.05, 3.63) is 18.3 Å². The number of hydrogen-bond donors (Lipinski definition) is 1. The van der Waals surface area contributed by atoms with E-state index in [9.17, 15) is 0 Å². The molecule has 2 aromatic heterocycles. The maximum Gasteiger partial charge on any atom is 0.230 e. The second-order valence-electron chi connectivity index (χ2n) is 4.57. The first-order valence-corrected chi connectivity index (χ1v) is 5.77. The van der Waals surface area contributed by atoms with E-state index in [0.717, 1.165) is 24.5 Å². The maximum absolute atomic E-state index is 5.32. The highest BCUT2D eigenvalue weighted by molar-refractivity contribution is 5.51. The molecule has 3 heterocycles. The SMILES string of the molecule is CC(c1nc(-c2cnn(C)c2)no1)C1CNC1. The molecule has 1 saturated heterocycles. The highest BCUT2D eigenvalue weighted by Gasteiger charge is 2.28. The Balaban J connectivity index is 1.82. The van der Waals surface area contributed by atoms with Gasteiger partial charge in [-0.3, -0.25) is 4.68 Å². The van der Waals surface area contributed by atoms with Gasteiger partial charge in [0.1, 0.15) is 0 Å². The molecule has 0 saturated carbocycles. The Hall–Kier alpha value is -1.69. The molecule has 0 radical (unpaired) electrons. The highest BCUT2D eigenvalue weighted by Crippen LogP contribution is 2.27. The molecule has 6 heteroatoms. The van der Waals surface area contributed by atoms with Crippen molar-refractivity contribution in [3.8, 4) is 11.4 Å². The topological polar surface area (TPSA) is 68.8 Å². The van der Waals surface area contributed by atoms with Crippen LogP contribution in [0.15, 0.2) is 16.9 Å². The molecule has 90 valence electrons. The van der Waals surface area contributed by atoms with Crippen LogP contribution in [0.2, 0.25) is 0 Å². The van der Waals surface area contributed by atoms with Gasteiger partial charge in [-0.15, -0.1) is 0 Å². The summed E-state index contributed by atoms with van der Waals surface area (Å²) in [6, 6.07) is 0. The predicted octanol–water partition coefficient (Wildman–Crippen LogP) is 0.793. The van der Waals surface area contributed by atoms with Crippen LogP contribution in [0, 0.1) is 5.92 Å². The molecule has 2 aromatic rings. The molecular formula is C11H15N5O. The third-order valence-electron chi connectivity index (χ3n) is 3.31. The summed E-state index contributed by atoms with van der Waals surface area (Å²) >= 11 is 0. The normalized spacial score (nSPS) is 18.0. The van der Waals surface area contributed by atoms with Crippen molar-refractivity contribution < 1.29 is 4.52 Å². The van der Waals surface area contributed by atoms with Crippen molar-refractivity contribution in [3.63, 3.8) is 0 Å². The number of nitrogens with one attached hydrogen (secondary N) is 1. The summed E-state index contributed by atoms with van der Waals surface area (Å²) in [4.78, 5) is 4.44. The largest absolute Gasteiger partial charge is 0.339 e. The first-order chi connectivity index (χ1) is 8.24. The summed E-state index contributed by atoms with van der Waals surface area (Å²) in [6.07, 6.45) is 3.62. The third-order valence-corrected chi connectivity index (χ3v) is 3.31. The fourth-order valence-corrected chi connectivity index (χ4v) is 1.94. The van der Waals surface area contributed by atoms with Gasteiger partial charge in [0.25, 0.3) is 0 Å². The lowest BCUT2D eigenvalue weighted by atomic mass is 9.89. The van der Waals surface area contributed by atoms with Crippen molar-refractivity contribution >= 4 is 0 Å². The van der Waals surface area contributed by atoms with E-state index in [2.05, 4.69) is 27.5 Å². The van der Waals surface area contributed by atoms with Gasteiger partial charge in [0.15, 0.2) is 0 Å². The zero-order valence-corrected chi connectivity index (χ0v) is 9.92. The fraction of sp³-hybridized carbons (Fsp3) is 0.545. The van der Waals surface area contributed by atoms with Crippen LogP contribution < -0.4 is 5.32 Å². The Labute approximate surface area is 99.0 Å². The zero-order chi connectivity index (χ0) is 11.8. The molecule has 0 amide bonds. The first kappa shape index (κ1) is 10.5. The third kappa shape index (κ3) is 1.84. The lowest BCUT2D eigenvalue weighted by Gasteiger charge is -2.30. The highest BCUT2D eigenvalue weighted by atomic mass is 16.5.